The predicted molar refractivity (Wildman–Crippen MR) is 84.6 cm³/mol. The van der Waals surface area contributed by atoms with Crippen molar-refractivity contribution in [2.75, 3.05) is 19.7 Å². The minimum Gasteiger partial charge on any atom is -0.484 e. The molecule has 0 saturated carbocycles. The highest BCUT2D eigenvalue weighted by atomic mass is 16.5. The van der Waals surface area contributed by atoms with Gasteiger partial charge in [0, 0.05) is 30.6 Å². The Bertz CT molecular complexity index is 759. The number of ether oxygens (including phenoxy) is 2. The maximum absolute atomic E-state index is 12.3. The lowest BCUT2D eigenvalue weighted by molar-refractivity contribution is -0.145. The molecule has 6 nitrogen and oxygen atoms in total. The number of carbonyl (C=O) groups excluding carboxylic acids is 1. The minimum absolute atomic E-state index is 0.0256. The van der Waals surface area contributed by atoms with Gasteiger partial charge in [0.1, 0.15) is 11.3 Å². The van der Waals surface area contributed by atoms with Gasteiger partial charge >= 0.3 is 5.63 Å². The molecule has 1 aromatic heterocycles. The van der Waals surface area contributed by atoms with Gasteiger partial charge in [0.05, 0.1) is 12.2 Å². The van der Waals surface area contributed by atoms with Crippen LogP contribution in [0.1, 0.15) is 13.8 Å². The van der Waals surface area contributed by atoms with Crippen molar-refractivity contribution in [3.05, 3.63) is 40.8 Å². The number of benzene rings is 1. The van der Waals surface area contributed by atoms with Crippen LogP contribution in [0.25, 0.3) is 11.0 Å². The van der Waals surface area contributed by atoms with E-state index in [9.17, 15) is 9.59 Å². The second kappa shape index (κ2) is 6.42. The fraction of sp³-hybridized carbons (Fsp3) is 0.412. The smallest absolute Gasteiger partial charge is 0.336 e. The molecular weight excluding hydrogens is 298 g/mol. The molecule has 6 heteroatoms. The van der Waals surface area contributed by atoms with Crippen LogP contribution in [-0.4, -0.2) is 42.7 Å². The van der Waals surface area contributed by atoms with Gasteiger partial charge < -0.3 is 18.8 Å². The molecule has 2 aromatic rings. The summed E-state index contributed by atoms with van der Waals surface area (Å²) < 4.78 is 16.3. The second-order valence-corrected chi connectivity index (χ2v) is 5.80. The van der Waals surface area contributed by atoms with Gasteiger partial charge in [-0.25, -0.2) is 4.79 Å². The molecule has 1 saturated heterocycles. The monoisotopic (exact) mass is 317 g/mol. The van der Waals surface area contributed by atoms with Crippen LogP contribution >= 0.6 is 0 Å². The number of morpholine rings is 1. The second-order valence-electron chi connectivity index (χ2n) is 5.80. The Morgan fingerprint density at radius 2 is 1.91 bits per heavy atom. The molecule has 0 aliphatic carbocycles. The highest BCUT2D eigenvalue weighted by Gasteiger charge is 2.25. The van der Waals surface area contributed by atoms with Crippen LogP contribution in [0, 0.1) is 0 Å². The third-order valence-electron chi connectivity index (χ3n) is 3.73. The number of rotatable bonds is 3. The Hall–Kier alpha value is -2.34. The highest BCUT2D eigenvalue weighted by Crippen LogP contribution is 2.19. The minimum atomic E-state index is -0.415. The Kier molecular flexibility index (Phi) is 4.34. The highest BCUT2D eigenvalue weighted by molar-refractivity contribution is 5.79. The molecule has 0 N–H and O–H groups in total. The lowest BCUT2D eigenvalue weighted by Crippen LogP contribution is -2.49. The number of hydrogen-bond donors (Lipinski definition) is 0. The maximum atomic E-state index is 12.3. The number of amides is 1. The number of hydrogen-bond acceptors (Lipinski definition) is 5. The van der Waals surface area contributed by atoms with E-state index in [1.807, 2.05) is 13.8 Å². The third-order valence-corrected chi connectivity index (χ3v) is 3.73. The van der Waals surface area contributed by atoms with Crippen molar-refractivity contribution in [2.45, 2.75) is 26.1 Å². The van der Waals surface area contributed by atoms with E-state index in [0.717, 1.165) is 5.39 Å². The summed E-state index contributed by atoms with van der Waals surface area (Å²) in [5.41, 5.74) is 0.0260. The van der Waals surface area contributed by atoms with Crippen LogP contribution < -0.4 is 10.4 Å². The van der Waals surface area contributed by atoms with Gasteiger partial charge in [-0.15, -0.1) is 0 Å². The summed E-state index contributed by atoms with van der Waals surface area (Å²) >= 11 is 0. The van der Waals surface area contributed by atoms with E-state index < -0.39 is 5.63 Å². The van der Waals surface area contributed by atoms with E-state index in [2.05, 4.69) is 0 Å². The standard InChI is InChI=1S/C17H19NO5/c1-11-8-18(9-12(2)22-11)16(19)10-21-14-5-3-13-4-6-17(20)23-15(13)7-14/h3-7,11-12H,8-10H2,1-2H3/t11-,12-/m0/s1. The lowest BCUT2D eigenvalue weighted by atomic mass is 10.2. The van der Waals surface area contributed by atoms with Crippen LogP contribution in [0.2, 0.25) is 0 Å². The van der Waals surface area contributed by atoms with Crippen molar-refractivity contribution in [2.24, 2.45) is 0 Å². The van der Waals surface area contributed by atoms with Crippen molar-refractivity contribution < 1.29 is 18.7 Å². The molecule has 1 aromatic carbocycles. The fourth-order valence-corrected chi connectivity index (χ4v) is 2.75. The molecule has 0 bridgehead atoms. The van der Waals surface area contributed by atoms with Crippen molar-refractivity contribution >= 4 is 16.9 Å². The maximum Gasteiger partial charge on any atom is 0.336 e. The van der Waals surface area contributed by atoms with E-state index >= 15 is 0 Å². The first kappa shape index (κ1) is 15.6. The first-order valence-electron chi connectivity index (χ1n) is 7.61. The molecule has 2 atom stereocenters. The van der Waals surface area contributed by atoms with E-state index in [0.29, 0.717) is 24.4 Å². The zero-order valence-electron chi connectivity index (χ0n) is 13.2. The lowest BCUT2D eigenvalue weighted by Gasteiger charge is -2.35. The summed E-state index contributed by atoms with van der Waals surface area (Å²) in [6.45, 7) is 4.98. The molecule has 122 valence electrons. The van der Waals surface area contributed by atoms with E-state index in [1.165, 1.54) is 6.07 Å². The van der Waals surface area contributed by atoms with Crippen LogP contribution in [0.3, 0.4) is 0 Å². The van der Waals surface area contributed by atoms with Crippen molar-refractivity contribution in [3.8, 4) is 5.75 Å². The Morgan fingerprint density at radius 3 is 2.65 bits per heavy atom. The quantitative estimate of drug-likeness (QED) is 0.808. The molecule has 0 unspecified atom stereocenters. The first-order valence-corrected chi connectivity index (χ1v) is 7.61. The van der Waals surface area contributed by atoms with Crippen molar-refractivity contribution in [3.63, 3.8) is 0 Å². The number of nitrogens with zero attached hydrogens (tertiary/aromatic N) is 1. The molecule has 3 rings (SSSR count). The normalized spacial score (nSPS) is 21.4. The Morgan fingerprint density at radius 1 is 1.22 bits per heavy atom. The van der Waals surface area contributed by atoms with E-state index in [1.54, 1.807) is 29.2 Å². The summed E-state index contributed by atoms with van der Waals surface area (Å²) in [6, 6.07) is 8.21. The van der Waals surface area contributed by atoms with Crippen molar-refractivity contribution in [1.82, 2.24) is 4.90 Å². The summed E-state index contributed by atoms with van der Waals surface area (Å²) in [7, 11) is 0. The fourth-order valence-electron chi connectivity index (χ4n) is 2.75. The van der Waals surface area contributed by atoms with Crippen LogP contribution in [-0.2, 0) is 9.53 Å². The summed E-state index contributed by atoms with van der Waals surface area (Å²) in [5, 5.41) is 0.805. The molecule has 0 radical (unpaired) electrons. The SMILES string of the molecule is C[C@H]1CN(C(=O)COc2ccc3ccc(=O)oc3c2)C[C@H](C)O1. The Labute approximate surface area is 133 Å². The average molecular weight is 317 g/mol. The topological polar surface area (TPSA) is 69.0 Å². The largest absolute Gasteiger partial charge is 0.484 e. The van der Waals surface area contributed by atoms with Gasteiger partial charge in [0.15, 0.2) is 6.61 Å². The molecule has 1 amide bonds. The molecule has 0 spiro atoms. The molecular formula is C17H19NO5. The van der Waals surface area contributed by atoms with E-state index in [4.69, 9.17) is 13.9 Å². The molecule has 1 aliphatic heterocycles. The van der Waals surface area contributed by atoms with E-state index in [-0.39, 0.29) is 24.7 Å². The third kappa shape index (κ3) is 3.71. The van der Waals surface area contributed by atoms with Crippen LogP contribution in [0.15, 0.2) is 39.5 Å². The van der Waals surface area contributed by atoms with Gasteiger partial charge in [-0.2, -0.15) is 0 Å². The van der Waals surface area contributed by atoms with Gasteiger partial charge in [-0.3, -0.25) is 4.79 Å². The average Bonchev–Trinajstić information content (AvgIpc) is 2.51. The summed E-state index contributed by atoms with van der Waals surface area (Å²) in [5.74, 6) is 0.413. The van der Waals surface area contributed by atoms with Gasteiger partial charge in [0.25, 0.3) is 5.91 Å². The summed E-state index contributed by atoms with van der Waals surface area (Å²) in [4.78, 5) is 25.3. The van der Waals surface area contributed by atoms with Gasteiger partial charge in [0.2, 0.25) is 0 Å². The first-order chi connectivity index (χ1) is 11.0. The number of fused-ring (bicyclic) bond motifs is 1. The molecule has 23 heavy (non-hydrogen) atoms. The molecule has 2 heterocycles. The number of carbonyl (C=O) groups is 1. The van der Waals surface area contributed by atoms with Gasteiger partial charge in [-0.1, -0.05) is 0 Å². The zero-order chi connectivity index (χ0) is 16.4. The van der Waals surface area contributed by atoms with Crippen molar-refractivity contribution in [1.29, 1.82) is 0 Å². The Balaban J connectivity index is 1.65. The van der Waals surface area contributed by atoms with Gasteiger partial charge in [-0.05, 0) is 32.0 Å². The molecule has 1 aliphatic rings. The van der Waals surface area contributed by atoms with Crippen LogP contribution in [0.5, 0.6) is 5.75 Å². The summed E-state index contributed by atoms with van der Waals surface area (Å²) in [6.07, 6.45) is 0.0512. The molecule has 1 fully saturated rings. The predicted octanol–water partition coefficient (Wildman–Crippen LogP) is 1.81. The zero-order valence-corrected chi connectivity index (χ0v) is 13.2. The van der Waals surface area contributed by atoms with Crippen LogP contribution in [0.4, 0.5) is 0 Å².